The Labute approximate surface area is 108 Å². The van der Waals surface area contributed by atoms with Gasteiger partial charge in [0.2, 0.25) is 0 Å². The Morgan fingerprint density at radius 1 is 1.29 bits per heavy atom. The number of likely N-dealkylation sites (N-methyl/N-ethyl adjacent to an activating group) is 1. The predicted molar refractivity (Wildman–Crippen MR) is 70.7 cm³/mol. The zero-order chi connectivity index (χ0) is 12.7. The lowest BCUT2D eigenvalue weighted by Gasteiger charge is -2.15. The molecule has 0 fully saturated rings. The third kappa shape index (κ3) is 4.36. The molecule has 2 N–H and O–H groups in total. The number of carbonyl (C=O) groups is 1. The maximum absolute atomic E-state index is 11.8. The van der Waals surface area contributed by atoms with E-state index in [0.717, 1.165) is 19.6 Å². The molecule has 0 atom stereocenters. The van der Waals surface area contributed by atoms with Gasteiger partial charge in [0.1, 0.15) is 0 Å². The highest BCUT2D eigenvalue weighted by atomic mass is 35.5. The molecule has 94 valence electrons. The van der Waals surface area contributed by atoms with E-state index in [2.05, 4.69) is 19.2 Å². The SMILES string of the molecule is CC[NH+](CC)CCNC(=O)c1ccccc1Cl. The first kappa shape index (κ1) is 14.0. The van der Waals surface area contributed by atoms with Crippen LogP contribution in [0.3, 0.4) is 0 Å². The molecule has 0 aliphatic carbocycles. The minimum Gasteiger partial charge on any atom is -0.346 e. The van der Waals surface area contributed by atoms with Crippen molar-refractivity contribution in [3.8, 4) is 0 Å². The first-order chi connectivity index (χ1) is 8.19. The molecule has 0 saturated heterocycles. The van der Waals surface area contributed by atoms with Crippen molar-refractivity contribution in [3.05, 3.63) is 34.9 Å². The van der Waals surface area contributed by atoms with E-state index in [0.29, 0.717) is 17.1 Å². The van der Waals surface area contributed by atoms with E-state index in [9.17, 15) is 4.79 Å². The second-order valence-electron chi connectivity index (χ2n) is 3.94. The lowest BCUT2D eigenvalue weighted by atomic mass is 10.2. The van der Waals surface area contributed by atoms with Gasteiger partial charge in [0.15, 0.2) is 0 Å². The summed E-state index contributed by atoms with van der Waals surface area (Å²) in [5.41, 5.74) is 0.545. The molecule has 17 heavy (non-hydrogen) atoms. The van der Waals surface area contributed by atoms with Gasteiger partial charge >= 0.3 is 0 Å². The zero-order valence-electron chi connectivity index (χ0n) is 10.4. The average molecular weight is 256 g/mol. The molecule has 1 rings (SSSR count). The number of carbonyl (C=O) groups excluding carboxylic acids is 1. The summed E-state index contributed by atoms with van der Waals surface area (Å²) >= 11 is 5.95. The largest absolute Gasteiger partial charge is 0.346 e. The Morgan fingerprint density at radius 3 is 2.53 bits per heavy atom. The highest BCUT2D eigenvalue weighted by Gasteiger charge is 2.09. The van der Waals surface area contributed by atoms with Gasteiger partial charge in [-0.15, -0.1) is 0 Å². The average Bonchev–Trinajstić information content (AvgIpc) is 2.35. The normalized spacial score (nSPS) is 10.6. The van der Waals surface area contributed by atoms with Gasteiger partial charge in [-0.1, -0.05) is 23.7 Å². The van der Waals surface area contributed by atoms with Crippen LogP contribution in [0.25, 0.3) is 0 Å². The number of quaternary nitrogens is 1. The Morgan fingerprint density at radius 2 is 1.94 bits per heavy atom. The molecule has 0 heterocycles. The van der Waals surface area contributed by atoms with E-state index in [4.69, 9.17) is 11.6 Å². The minimum absolute atomic E-state index is 0.0952. The van der Waals surface area contributed by atoms with Crippen LogP contribution in [0.5, 0.6) is 0 Å². The predicted octanol–water partition coefficient (Wildman–Crippen LogP) is 0.995. The molecule has 0 aliphatic heterocycles. The fraction of sp³-hybridized carbons (Fsp3) is 0.462. The summed E-state index contributed by atoms with van der Waals surface area (Å²) in [6.45, 7) is 8.09. The van der Waals surface area contributed by atoms with E-state index in [-0.39, 0.29) is 5.91 Å². The summed E-state index contributed by atoms with van der Waals surface area (Å²) in [7, 11) is 0. The van der Waals surface area contributed by atoms with Crippen LogP contribution in [-0.2, 0) is 0 Å². The Kier molecular flexibility index (Phi) is 6.01. The molecule has 0 aliphatic rings. The Balaban J connectivity index is 2.43. The van der Waals surface area contributed by atoms with Crippen molar-refractivity contribution in [3.63, 3.8) is 0 Å². The van der Waals surface area contributed by atoms with Crippen molar-refractivity contribution in [2.75, 3.05) is 26.2 Å². The zero-order valence-corrected chi connectivity index (χ0v) is 11.2. The number of nitrogens with one attached hydrogen (secondary N) is 2. The van der Waals surface area contributed by atoms with Crippen LogP contribution < -0.4 is 10.2 Å². The maximum atomic E-state index is 11.8. The fourth-order valence-electron chi connectivity index (χ4n) is 1.70. The standard InChI is InChI=1S/C13H19ClN2O/c1-3-16(4-2)10-9-15-13(17)11-7-5-6-8-12(11)14/h5-8H,3-4,9-10H2,1-2H3,(H,15,17)/p+1. The molecule has 1 amide bonds. The smallest absolute Gasteiger partial charge is 0.253 e. The highest BCUT2D eigenvalue weighted by molar-refractivity contribution is 6.33. The molecular formula is C13H20ClN2O+. The van der Waals surface area contributed by atoms with Gasteiger partial charge < -0.3 is 10.2 Å². The van der Waals surface area contributed by atoms with Gasteiger partial charge in [0.05, 0.1) is 36.8 Å². The number of rotatable bonds is 6. The molecule has 0 aromatic heterocycles. The van der Waals surface area contributed by atoms with E-state index in [1.807, 2.05) is 12.1 Å². The van der Waals surface area contributed by atoms with Crippen LogP contribution >= 0.6 is 11.6 Å². The molecule has 1 aromatic rings. The van der Waals surface area contributed by atoms with E-state index in [1.165, 1.54) is 4.90 Å². The molecule has 0 spiro atoms. The minimum atomic E-state index is -0.0952. The van der Waals surface area contributed by atoms with Gasteiger partial charge in [-0.2, -0.15) is 0 Å². The Bertz CT molecular complexity index is 364. The van der Waals surface area contributed by atoms with Crippen LogP contribution in [0.2, 0.25) is 5.02 Å². The van der Waals surface area contributed by atoms with Gasteiger partial charge in [0, 0.05) is 0 Å². The van der Waals surface area contributed by atoms with E-state index >= 15 is 0 Å². The number of benzene rings is 1. The van der Waals surface area contributed by atoms with Crippen molar-refractivity contribution in [2.24, 2.45) is 0 Å². The van der Waals surface area contributed by atoms with Crippen LogP contribution in [0.1, 0.15) is 24.2 Å². The summed E-state index contributed by atoms with van der Waals surface area (Å²) in [5.74, 6) is -0.0952. The van der Waals surface area contributed by atoms with Gasteiger partial charge in [-0.05, 0) is 26.0 Å². The molecule has 4 heteroatoms. The lowest BCUT2D eigenvalue weighted by Crippen LogP contribution is -3.12. The first-order valence-electron chi connectivity index (χ1n) is 6.05. The third-order valence-corrected chi connectivity index (χ3v) is 3.21. The molecule has 0 saturated carbocycles. The van der Waals surface area contributed by atoms with Gasteiger partial charge in [0.25, 0.3) is 5.91 Å². The maximum Gasteiger partial charge on any atom is 0.253 e. The Hall–Kier alpha value is -1.06. The summed E-state index contributed by atoms with van der Waals surface area (Å²) < 4.78 is 0. The van der Waals surface area contributed by atoms with Gasteiger partial charge in [-0.3, -0.25) is 4.79 Å². The highest BCUT2D eigenvalue weighted by Crippen LogP contribution is 2.14. The monoisotopic (exact) mass is 255 g/mol. The van der Waals surface area contributed by atoms with Crippen LogP contribution in [0.4, 0.5) is 0 Å². The molecule has 0 unspecified atom stereocenters. The van der Waals surface area contributed by atoms with Crippen LogP contribution in [0, 0.1) is 0 Å². The van der Waals surface area contributed by atoms with Crippen LogP contribution in [0.15, 0.2) is 24.3 Å². The number of hydrogen-bond acceptors (Lipinski definition) is 1. The summed E-state index contributed by atoms with van der Waals surface area (Å²) in [4.78, 5) is 13.3. The topological polar surface area (TPSA) is 33.5 Å². The lowest BCUT2D eigenvalue weighted by molar-refractivity contribution is -0.895. The van der Waals surface area contributed by atoms with E-state index in [1.54, 1.807) is 12.1 Å². The van der Waals surface area contributed by atoms with Crippen molar-refractivity contribution < 1.29 is 9.69 Å². The van der Waals surface area contributed by atoms with Crippen molar-refractivity contribution in [1.82, 2.24) is 5.32 Å². The number of halogens is 1. The molecule has 0 radical (unpaired) electrons. The fourth-order valence-corrected chi connectivity index (χ4v) is 1.92. The number of hydrogen-bond donors (Lipinski definition) is 2. The first-order valence-corrected chi connectivity index (χ1v) is 6.43. The summed E-state index contributed by atoms with van der Waals surface area (Å²) in [6, 6.07) is 7.10. The van der Waals surface area contributed by atoms with Crippen molar-refractivity contribution in [2.45, 2.75) is 13.8 Å². The quantitative estimate of drug-likeness (QED) is 0.781. The second kappa shape index (κ2) is 7.30. The van der Waals surface area contributed by atoms with Crippen LogP contribution in [-0.4, -0.2) is 32.1 Å². The van der Waals surface area contributed by atoms with E-state index < -0.39 is 0 Å². The third-order valence-electron chi connectivity index (χ3n) is 2.88. The van der Waals surface area contributed by atoms with Crippen molar-refractivity contribution in [1.29, 1.82) is 0 Å². The summed E-state index contributed by atoms with van der Waals surface area (Å²) in [6.07, 6.45) is 0. The molecule has 1 aromatic carbocycles. The molecule has 3 nitrogen and oxygen atoms in total. The van der Waals surface area contributed by atoms with Gasteiger partial charge in [-0.25, -0.2) is 0 Å². The van der Waals surface area contributed by atoms with Crippen molar-refractivity contribution >= 4 is 17.5 Å². The molecular weight excluding hydrogens is 236 g/mol. The second-order valence-corrected chi connectivity index (χ2v) is 4.35. The summed E-state index contributed by atoms with van der Waals surface area (Å²) in [5, 5.41) is 3.39. The number of amides is 1. The molecule has 0 bridgehead atoms.